The van der Waals surface area contributed by atoms with Crippen molar-refractivity contribution in [3.05, 3.63) is 142 Å². The van der Waals surface area contributed by atoms with E-state index >= 15 is 0 Å². The van der Waals surface area contributed by atoms with Gasteiger partial charge in [0.05, 0.1) is 12.1 Å². The fourth-order valence-corrected chi connectivity index (χ4v) is 14.9. The molecule has 466 valence electrons. The molecule has 4 aliphatic rings. The second-order valence-electron chi connectivity index (χ2n) is 24.6. The molecule has 4 fully saturated rings. The highest BCUT2D eigenvalue weighted by molar-refractivity contribution is 7.13. The second-order valence-corrected chi connectivity index (χ2v) is 26.4. The third-order valence-corrected chi connectivity index (χ3v) is 20.6. The lowest BCUT2D eigenvalue weighted by atomic mass is 9.83. The minimum absolute atomic E-state index is 0.0424. The van der Waals surface area contributed by atoms with Gasteiger partial charge >= 0.3 is 0 Å². The van der Waals surface area contributed by atoms with Gasteiger partial charge in [-0.25, -0.2) is 9.97 Å². The second kappa shape index (κ2) is 30.9. The zero-order valence-corrected chi connectivity index (χ0v) is 53.3. The predicted octanol–water partition coefficient (Wildman–Crippen LogP) is 10.3. The average Bonchev–Trinajstić information content (AvgIpc) is 4.58. The largest absolute Gasteiger partial charge is 0.343 e. The number of thiazole rings is 2. The van der Waals surface area contributed by atoms with Crippen molar-refractivity contribution >= 4 is 58.1 Å². The summed E-state index contributed by atoms with van der Waals surface area (Å²) < 4.78 is 0. The lowest BCUT2D eigenvalue weighted by Crippen LogP contribution is -2.57. The van der Waals surface area contributed by atoms with Gasteiger partial charge in [0.25, 0.3) is 11.8 Å². The summed E-state index contributed by atoms with van der Waals surface area (Å²) in [6.45, 7) is 6.47. The number of nitrogens with zero attached hydrogens (tertiary/aromatic N) is 6. The maximum absolute atomic E-state index is 14.7. The molecular weight excluding hydrogens is 1140 g/mol. The van der Waals surface area contributed by atoms with E-state index in [2.05, 4.69) is 69.8 Å². The molecule has 6 amide bonds. The van der Waals surface area contributed by atoms with E-state index in [1.54, 1.807) is 14.1 Å². The van der Waals surface area contributed by atoms with Gasteiger partial charge in [0.15, 0.2) is 0 Å². The lowest BCUT2D eigenvalue weighted by Gasteiger charge is -2.37. The summed E-state index contributed by atoms with van der Waals surface area (Å²) >= 11 is 2.87. The number of hydrogen-bond donors (Lipinski definition) is 4. The van der Waals surface area contributed by atoms with Crippen molar-refractivity contribution in [1.82, 2.24) is 50.8 Å². The summed E-state index contributed by atoms with van der Waals surface area (Å²) in [6, 6.07) is 34.3. The third-order valence-electron chi connectivity index (χ3n) is 18.8. The Morgan fingerprint density at radius 1 is 0.489 bits per heavy atom. The molecule has 4 heterocycles. The number of likely N-dealkylation sites (tertiary alicyclic amines) is 2. The van der Waals surface area contributed by atoms with Crippen LogP contribution >= 0.6 is 22.7 Å². The van der Waals surface area contributed by atoms with Crippen LogP contribution in [0.15, 0.2) is 120 Å². The first-order chi connectivity index (χ1) is 42.8. The van der Waals surface area contributed by atoms with Gasteiger partial charge in [0.1, 0.15) is 33.5 Å². The zero-order valence-electron chi connectivity index (χ0n) is 51.7. The normalized spacial score (nSPS) is 18.7. The van der Waals surface area contributed by atoms with Crippen molar-refractivity contribution in [2.75, 3.05) is 53.4 Å². The van der Waals surface area contributed by atoms with Gasteiger partial charge in [0, 0.05) is 73.2 Å². The number of carbonyl (C=O) groups excluding carboxylic acids is 6. The summed E-state index contributed by atoms with van der Waals surface area (Å²) in [5, 5.41) is 17.5. The van der Waals surface area contributed by atoms with Gasteiger partial charge < -0.3 is 40.9 Å². The van der Waals surface area contributed by atoms with E-state index in [4.69, 9.17) is 9.97 Å². The van der Waals surface area contributed by atoms with Crippen LogP contribution in [0.1, 0.15) is 136 Å². The summed E-state index contributed by atoms with van der Waals surface area (Å²) in [6.07, 6.45) is 14.6. The molecule has 0 radical (unpaired) electrons. The fraction of sp³-hybridized carbons (Fsp3) is 0.486. The number of amides is 6. The first-order valence-electron chi connectivity index (χ1n) is 32.2. The van der Waals surface area contributed by atoms with Crippen LogP contribution in [-0.4, -0.2) is 155 Å². The average molecular weight is 1230 g/mol. The number of benzene rings is 4. The Kier molecular flexibility index (Phi) is 22.4. The molecule has 2 saturated carbocycles. The maximum Gasteiger partial charge on any atom is 0.273 e. The van der Waals surface area contributed by atoms with Crippen LogP contribution in [0.3, 0.4) is 0 Å². The van der Waals surface area contributed by atoms with Crippen molar-refractivity contribution in [2.45, 2.75) is 153 Å². The van der Waals surface area contributed by atoms with E-state index in [1.807, 2.05) is 105 Å². The van der Waals surface area contributed by atoms with Crippen molar-refractivity contribution in [3.63, 3.8) is 0 Å². The lowest BCUT2D eigenvalue weighted by molar-refractivity contribution is -0.139. The van der Waals surface area contributed by atoms with Crippen LogP contribution in [-0.2, 0) is 32.0 Å². The van der Waals surface area contributed by atoms with Crippen LogP contribution in [0.2, 0.25) is 0 Å². The smallest absolute Gasteiger partial charge is 0.273 e. The Hall–Kier alpha value is -7.12. The van der Waals surface area contributed by atoms with Crippen LogP contribution < -0.4 is 21.3 Å². The van der Waals surface area contributed by atoms with Crippen LogP contribution in [0.5, 0.6) is 0 Å². The van der Waals surface area contributed by atoms with Gasteiger partial charge in [-0.1, -0.05) is 148 Å². The molecule has 88 heavy (non-hydrogen) atoms. The first-order valence-corrected chi connectivity index (χ1v) is 34.0. The molecular formula is C70H88N10O6S2. The molecule has 4 aromatic carbocycles. The number of rotatable bonds is 25. The van der Waals surface area contributed by atoms with E-state index < -0.39 is 24.2 Å². The predicted molar refractivity (Wildman–Crippen MR) is 350 cm³/mol. The van der Waals surface area contributed by atoms with Crippen LogP contribution in [0, 0.1) is 11.8 Å². The molecule has 6 atom stereocenters. The van der Waals surface area contributed by atoms with Crippen LogP contribution in [0.25, 0.3) is 32.3 Å². The van der Waals surface area contributed by atoms with E-state index in [-0.39, 0.29) is 59.4 Å². The van der Waals surface area contributed by atoms with Gasteiger partial charge in [-0.2, -0.15) is 0 Å². The highest BCUT2D eigenvalue weighted by atomic mass is 32.1. The minimum atomic E-state index is -0.600. The van der Waals surface area contributed by atoms with E-state index in [9.17, 15) is 28.8 Å². The minimum Gasteiger partial charge on any atom is -0.343 e. The number of likely N-dealkylation sites (N-methyl/N-ethyl adjacent to an activating group) is 2. The molecule has 2 aromatic heterocycles. The van der Waals surface area contributed by atoms with Crippen molar-refractivity contribution in [2.24, 2.45) is 11.8 Å². The molecule has 2 aliphatic heterocycles. The Balaban J connectivity index is 0.802. The number of nitrogens with one attached hydrogen (secondary N) is 4. The molecule has 0 spiro atoms. The number of carbonyl (C=O) groups is 6. The zero-order chi connectivity index (χ0) is 61.5. The standard InChI is InChI=1S/C70H88N10O6S2/c1-47(71-3)63(81)75-61(53-23-13-7-14-24-53)69(85)79-39-17-27-57(79)43-77(41-37-49-19-9-5-10-20-49)67(83)59-45-87-65(73-59)55-33-29-51(30-34-55)52-31-35-56(36-32-52)66-74-60(46-88-66)68(84)78(42-38-50-21-11-6-12-22-50)44-58-28-18-40-80(58)70(86)62(54-25-15-8-16-26-54)76-64(82)48(2)72-4/h5-6,9-12,19-22,29-36,45-48,53-54,57-58,61-62,71-72H,7-8,13-18,23-28,37-44H2,1-4H3,(H,75,81)(H,76,82)/t47-,48-,57-,58-,61-,62-/m0/s1. The SMILES string of the molecule is CN[C@@H](C)C(=O)N[C@H](C(=O)N1CCC[C@H]1CN(CCc1ccccc1)C(=O)c1csc(-c2ccc(-c3ccc(-c4nc(C(=O)N(CCc5ccccc5)C[C@@H]5CCCN5C(=O)[C@@H](NC(=O)[C@H](C)NC)C5CCCCC5)cs4)cc3)cc2)n1)C1CCCCC1. The highest BCUT2D eigenvalue weighted by Crippen LogP contribution is 2.34. The molecule has 2 saturated heterocycles. The Labute approximate surface area is 527 Å². The maximum atomic E-state index is 14.7. The summed E-state index contributed by atoms with van der Waals surface area (Å²) in [4.78, 5) is 103. The summed E-state index contributed by atoms with van der Waals surface area (Å²) in [5.41, 5.74) is 6.80. The molecule has 18 heteroatoms. The van der Waals surface area contributed by atoms with Crippen LogP contribution in [0.4, 0.5) is 0 Å². The van der Waals surface area contributed by atoms with Gasteiger partial charge in [-0.05, 0) is 126 Å². The molecule has 0 unspecified atom stereocenters. The number of aromatic nitrogens is 2. The van der Waals surface area contributed by atoms with E-state index in [0.29, 0.717) is 63.5 Å². The molecule has 4 N–H and O–H groups in total. The van der Waals surface area contributed by atoms with Crippen molar-refractivity contribution < 1.29 is 28.8 Å². The Morgan fingerprint density at radius 2 is 0.852 bits per heavy atom. The summed E-state index contributed by atoms with van der Waals surface area (Å²) in [7, 11) is 3.50. The highest BCUT2D eigenvalue weighted by Gasteiger charge is 2.42. The van der Waals surface area contributed by atoms with E-state index in [1.165, 1.54) is 22.7 Å². The molecule has 2 aliphatic carbocycles. The van der Waals surface area contributed by atoms with Gasteiger partial charge in [-0.15, -0.1) is 22.7 Å². The molecule has 6 aromatic rings. The first kappa shape index (κ1) is 63.9. The van der Waals surface area contributed by atoms with Crippen molar-refractivity contribution in [1.29, 1.82) is 0 Å². The Morgan fingerprint density at radius 3 is 1.22 bits per heavy atom. The molecule has 10 rings (SSSR count). The summed E-state index contributed by atoms with van der Waals surface area (Å²) in [5.74, 6) is -0.616. The van der Waals surface area contributed by atoms with Gasteiger partial charge in [-0.3, -0.25) is 28.8 Å². The Bertz CT molecular complexity index is 3060. The van der Waals surface area contributed by atoms with E-state index in [0.717, 1.165) is 133 Å². The quantitative estimate of drug-likeness (QED) is 0.0429. The van der Waals surface area contributed by atoms with Gasteiger partial charge in [0.2, 0.25) is 23.6 Å². The molecule has 16 nitrogen and oxygen atoms in total. The van der Waals surface area contributed by atoms with Crippen molar-refractivity contribution in [3.8, 4) is 32.3 Å². The fourth-order valence-electron chi connectivity index (χ4n) is 13.3. The monoisotopic (exact) mass is 1230 g/mol. The topological polar surface area (TPSA) is 189 Å². The third kappa shape index (κ3) is 16.0. The molecule has 0 bridgehead atoms. The number of hydrogen-bond acceptors (Lipinski definition) is 12.